The lowest BCUT2D eigenvalue weighted by Crippen LogP contribution is -2.37. The van der Waals surface area contributed by atoms with E-state index in [9.17, 15) is 19.0 Å². The molecule has 0 saturated carbocycles. The first kappa shape index (κ1) is 87.2. The number of quaternary nitrogens is 1. The summed E-state index contributed by atoms with van der Waals surface area (Å²) in [5, 5.41) is 0. The molecule has 0 N–H and O–H groups in total. The number of allylic oxidation sites excluding steroid dienone is 14. The second-order valence-electron chi connectivity index (χ2n) is 27.0. The van der Waals surface area contributed by atoms with Crippen LogP contribution in [0.15, 0.2) is 85.1 Å². The molecule has 0 heterocycles. The quantitative estimate of drug-likeness (QED) is 0.0195. The lowest BCUT2D eigenvalue weighted by atomic mass is 10.0. The summed E-state index contributed by atoms with van der Waals surface area (Å²) in [6.45, 7) is 4.13. The van der Waals surface area contributed by atoms with Crippen LogP contribution in [-0.2, 0) is 32.7 Å². The Kier molecular flexibility index (Phi) is 68.3. The molecule has 0 aliphatic carbocycles. The van der Waals surface area contributed by atoms with Crippen molar-refractivity contribution in [3.05, 3.63) is 85.1 Å². The van der Waals surface area contributed by atoms with Crippen LogP contribution in [0.2, 0.25) is 0 Å². The number of phosphoric acid groups is 1. The number of esters is 2. The number of rotatable bonds is 71. The van der Waals surface area contributed by atoms with Crippen molar-refractivity contribution in [2.45, 2.75) is 367 Å². The van der Waals surface area contributed by atoms with Crippen molar-refractivity contribution in [2.24, 2.45) is 0 Å². The van der Waals surface area contributed by atoms with Crippen LogP contribution in [0.5, 0.6) is 0 Å². The third-order valence-corrected chi connectivity index (χ3v) is 17.9. The minimum absolute atomic E-state index is 0.0404. The molecule has 10 heteroatoms. The number of nitrogens with zero attached hydrogens (tertiary/aromatic N) is 1. The lowest BCUT2D eigenvalue weighted by Gasteiger charge is -2.28. The summed E-state index contributed by atoms with van der Waals surface area (Å²) >= 11 is 0. The Balaban J connectivity index is 3.94. The lowest BCUT2D eigenvalue weighted by molar-refractivity contribution is -0.870. The van der Waals surface area contributed by atoms with E-state index in [1.807, 2.05) is 21.1 Å². The summed E-state index contributed by atoms with van der Waals surface area (Å²) in [4.78, 5) is 38.1. The van der Waals surface area contributed by atoms with Gasteiger partial charge in [-0.15, -0.1) is 0 Å². The van der Waals surface area contributed by atoms with Crippen LogP contribution in [0.3, 0.4) is 0 Å². The van der Waals surface area contributed by atoms with E-state index in [1.165, 1.54) is 244 Å². The second-order valence-corrected chi connectivity index (χ2v) is 28.4. The van der Waals surface area contributed by atoms with Crippen LogP contribution in [0.1, 0.15) is 361 Å². The van der Waals surface area contributed by atoms with Gasteiger partial charge >= 0.3 is 11.9 Å². The predicted molar refractivity (Wildman–Crippen MR) is 388 cm³/mol. The normalized spacial score (nSPS) is 13.5. The molecule has 0 saturated heterocycles. The smallest absolute Gasteiger partial charge is 0.306 e. The van der Waals surface area contributed by atoms with Gasteiger partial charge in [-0.3, -0.25) is 14.2 Å². The zero-order valence-electron chi connectivity index (χ0n) is 59.8. The van der Waals surface area contributed by atoms with Crippen LogP contribution in [-0.4, -0.2) is 70.0 Å². The van der Waals surface area contributed by atoms with Gasteiger partial charge in [-0.25, -0.2) is 0 Å². The standard InChI is InChI=1S/C80H146NO8P/c1-6-8-10-12-14-16-18-20-22-24-26-28-30-32-33-34-35-36-37-38-39-40-41-42-43-44-45-46-47-49-50-52-54-56-58-60-62-64-66-68-70-72-79(82)86-76-78(77-88-90(84,85)87-75-74-81(3,4)5)89-80(83)73-71-69-67-65-63-61-59-57-55-53-51-48-31-29-27-25-23-21-19-17-15-13-11-9-7-2/h9,11,15,17,21,23,27,29,48,51,55,57,61,63,78H,6-8,10,12-14,16,18-20,22,24-26,28,30-47,49-50,52-54,56,58-60,62,64-77H2,1-5H3/b11-9-,17-15-,23-21-,29-27-,51-48-,57-55-,63-61-. The highest BCUT2D eigenvalue weighted by molar-refractivity contribution is 7.45. The molecular formula is C80H146NO8P. The Morgan fingerprint density at radius 1 is 0.356 bits per heavy atom. The van der Waals surface area contributed by atoms with Crippen molar-refractivity contribution in [3.8, 4) is 0 Å². The minimum Gasteiger partial charge on any atom is -0.756 e. The largest absolute Gasteiger partial charge is 0.756 e. The summed E-state index contributed by atoms with van der Waals surface area (Å²) < 4.78 is 34.3. The van der Waals surface area contributed by atoms with E-state index in [2.05, 4.69) is 98.9 Å². The third-order valence-electron chi connectivity index (χ3n) is 16.9. The highest BCUT2D eigenvalue weighted by Gasteiger charge is 2.22. The van der Waals surface area contributed by atoms with Gasteiger partial charge in [0.2, 0.25) is 0 Å². The number of carbonyl (C=O) groups excluding carboxylic acids is 2. The second kappa shape index (κ2) is 70.5. The molecule has 2 atom stereocenters. The van der Waals surface area contributed by atoms with Gasteiger partial charge in [0.1, 0.15) is 19.8 Å². The Labute approximate surface area is 558 Å². The number of likely N-dealkylation sites (N-methyl/N-ethyl adjacent to an activating group) is 1. The van der Waals surface area contributed by atoms with Crippen LogP contribution >= 0.6 is 7.82 Å². The number of carbonyl (C=O) groups is 2. The molecule has 0 spiro atoms. The van der Waals surface area contributed by atoms with E-state index in [-0.39, 0.29) is 32.0 Å². The zero-order valence-corrected chi connectivity index (χ0v) is 60.7. The molecular weight excluding hydrogens is 1130 g/mol. The number of hydrogen-bond donors (Lipinski definition) is 0. The van der Waals surface area contributed by atoms with Gasteiger partial charge in [-0.2, -0.15) is 0 Å². The van der Waals surface area contributed by atoms with E-state index in [0.717, 1.165) is 83.5 Å². The van der Waals surface area contributed by atoms with Gasteiger partial charge in [0.25, 0.3) is 7.82 Å². The molecule has 0 aliphatic heterocycles. The topological polar surface area (TPSA) is 111 Å². The molecule has 0 bridgehead atoms. The van der Waals surface area contributed by atoms with Gasteiger partial charge in [0.15, 0.2) is 6.10 Å². The monoisotopic (exact) mass is 1280 g/mol. The first-order valence-corrected chi connectivity index (χ1v) is 39.8. The van der Waals surface area contributed by atoms with Crippen LogP contribution in [0.25, 0.3) is 0 Å². The zero-order chi connectivity index (χ0) is 65.5. The van der Waals surface area contributed by atoms with Crippen LogP contribution in [0, 0.1) is 0 Å². The van der Waals surface area contributed by atoms with E-state index < -0.39 is 26.5 Å². The number of hydrogen-bond acceptors (Lipinski definition) is 8. The Morgan fingerprint density at radius 2 is 0.633 bits per heavy atom. The summed E-state index contributed by atoms with van der Waals surface area (Å²) in [5.41, 5.74) is 0. The molecule has 0 fully saturated rings. The summed E-state index contributed by atoms with van der Waals surface area (Å²) in [6, 6.07) is 0. The maximum Gasteiger partial charge on any atom is 0.306 e. The van der Waals surface area contributed by atoms with Gasteiger partial charge in [0, 0.05) is 12.8 Å². The molecule has 0 amide bonds. The highest BCUT2D eigenvalue weighted by Crippen LogP contribution is 2.38. The summed E-state index contributed by atoms with van der Waals surface area (Å²) in [7, 11) is 1.14. The first-order valence-electron chi connectivity index (χ1n) is 38.3. The van der Waals surface area contributed by atoms with E-state index in [0.29, 0.717) is 17.4 Å². The molecule has 0 aromatic rings. The van der Waals surface area contributed by atoms with Gasteiger partial charge in [-0.05, 0) is 70.6 Å². The van der Waals surface area contributed by atoms with Gasteiger partial charge in [0.05, 0.1) is 27.7 Å². The number of unbranched alkanes of at least 4 members (excludes halogenated alkanes) is 43. The summed E-state index contributed by atoms with van der Waals surface area (Å²) in [6.07, 6.45) is 97.2. The Morgan fingerprint density at radius 3 is 0.944 bits per heavy atom. The van der Waals surface area contributed by atoms with Crippen molar-refractivity contribution in [3.63, 3.8) is 0 Å². The molecule has 0 rings (SSSR count). The van der Waals surface area contributed by atoms with Crippen LogP contribution in [0.4, 0.5) is 0 Å². The van der Waals surface area contributed by atoms with Crippen molar-refractivity contribution < 1.29 is 42.1 Å². The maximum atomic E-state index is 12.8. The molecule has 2 unspecified atom stereocenters. The van der Waals surface area contributed by atoms with Gasteiger partial charge in [-0.1, -0.05) is 362 Å². The predicted octanol–water partition coefficient (Wildman–Crippen LogP) is 24.6. The fraction of sp³-hybridized carbons (Fsp3) is 0.800. The van der Waals surface area contributed by atoms with Crippen molar-refractivity contribution in [1.29, 1.82) is 0 Å². The highest BCUT2D eigenvalue weighted by atomic mass is 31.2. The van der Waals surface area contributed by atoms with Crippen molar-refractivity contribution in [1.82, 2.24) is 0 Å². The van der Waals surface area contributed by atoms with E-state index in [1.54, 1.807) is 0 Å². The molecule has 0 radical (unpaired) electrons. The Bertz CT molecular complexity index is 1800. The fourth-order valence-corrected chi connectivity index (χ4v) is 11.8. The Hall–Kier alpha value is -2.81. The number of phosphoric ester groups is 1. The first-order chi connectivity index (χ1) is 44.0. The molecule has 90 heavy (non-hydrogen) atoms. The molecule has 9 nitrogen and oxygen atoms in total. The average molecular weight is 1280 g/mol. The third kappa shape index (κ3) is 74.2. The molecule has 0 aromatic carbocycles. The van der Waals surface area contributed by atoms with E-state index >= 15 is 0 Å². The van der Waals surface area contributed by atoms with Gasteiger partial charge < -0.3 is 27.9 Å². The fourth-order valence-electron chi connectivity index (χ4n) is 11.1. The average Bonchev–Trinajstić information content (AvgIpc) is 3.58. The molecule has 0 aromatic heterocycles. The minimum atomic E-state index is -4.66. The number of ether oxygens (including phenoxy) is 2. The molecule has 0 aliphatic rings. The summed E-state index contributed by atoms with van der Waals surface area (Å²) in [5.74, 6) is -0.863. The SMILES string of the molecule is CC/C=C\C/C=C\C/C=C\C/C=C\C/C=C\C/C=C\C/C=C\CCCCCC(=O)OC(COC(=O)CCCCCCCCCCCCCCCCCCCCCCCCCCCCCCCCCCCCCCCCCCC)COP(=O)([O-])OCC[N+](C)(C)C. The van der Waals surface area contributed by atoms with Crippen LogP contribution < -0.4 is 4.89 Å². The molecule has 524 valence electrons. The van der Waals surface area contributed by atoms with E-state index in [4.69, 9.17) is 18.5 Å². The van der Waals surface area contributed by atoms with Crippen molar-refractivity contribution in [2.75, 3.05) is 47.5 Å². The van der Waals surface area contributed by atoms with Crippen molar-refractivity contribution >= 4 is 19.8 Å². The maximum absolute atomic E-state index is 12.8.